The molecule has 140 valence electrons. The van der Waals surface area contributed by atoms with Gasteiger partial charge in [-0.15, -0.1) is 10.2 Å². The van der Waals surface area contributed by atoms with Gasteiger partial charge in [0.25, 0.3) is 0 Å². The van der Waals surface area contributed by atoms with Gasteiger partial charge in [0.05, 0.1) is 18.6 Å². The van der Waals surface area contributed by atoms with Crippen LogP contribution in [0.5, 0.6) is 5.75 Å². The number of hydrogen-bond acceptors (Lipinski definition) is 5. The standard InChI is InChI=1S/C21H23N3O2S/c1-4-15-10-11-16(5-2)17(12-15)19(25)13-27-21-23-22-14-24(21)18-8-6-7-9-20(18)26-3/h6-12,14H,4-5,13H2,1-3H3. The number of para-hydroxylation sites is 2. The lowest BCUT2D eigenvalue weighted by Gasteiger charge is -2.11. The zero-order valence-corrected chi connectivity index (χ0v) is 16.6. The highest BCUT2D eigenvalue weighted by Gasteiger charge is 2.16. The summed E-state index contributed by atoms with van der Waals surface area (Å²) in [6, 6.07) is 13.9. The number of carbonyl (C=O) groups excluding carboxylic acids is 1. The van der Waals surface area contributed by atoms with E-state index in [9.17, 15) is 4.79 Å². The van der Waals surface area contributed by atoms with Crippen molar-refractivity contribution in [2.24, 2.45) is 0 Å². The maximum Gasteiger partial charge on any atom is 0.196 e. The van der Waals surface area contributed by atoms with Gasteiger partial charge in [-0.05, 0) is 42.2 Å². The number of thioether (sulfide) groups is 1. The molecule has 0 fully saturated rings. The van der Waals surface area contributed by atoms with Crippen LogP contribution in [0, 0.1) is 0 Å². The molecule has 3 rings (SSSR count). The Morgan fingerprint density at radius 2 is 1.96 bits per heavy atom. The molecular weight excluding hydrogens is 358 g/mol. The minimum Gasteiger partial charge on any atom is -0.495 e. The lowest BCUT2D eigenvalue weighted by Crippen LogP contribution is -2.08. The van der Waals surface area contributed by atoms with Crippen molar-refractivity contribution in [3.05, 3.63) is 65.5 Å². The second-order valence-corrected chi connectivity index (χ2v) is 7.01. The Balaban J connectivity index is 1.81. The Morgan fingerprint density at radius 3 is 2.70 bits per heavy atom. The number of nitrogens with zero attached hydrogens (tertiary/aromatic N) is 3. The quantitative estimate of drug-likeness (QED) is 0.428. The highest BCUT2D eigenvalue weighted by Crippen LogP contribution is 2.27. The zero-order valence-electron chi connectivity index (χ0n) is 15.8. The predicted molar refractivity (Wildman–Crippen MR) is 108 cm³/mol. The average Bonchev–Trinajstić information content (AvgIpc) is 3.19. The van der Waals surface area contributed by atoms with Crippen LogP contribution in [-0.4, -0.2) is 33.4 Å². The molecule has 0 unspecified atom stereocenters. The molecule has 0 atom stereocenters. The molecular formula is C21H23N3O2S. The van der Waals surface area contributed by atoms with Gasteiger partial charge in [0.2, 0.25) is 0 Å². The highest BCUT2D eigenvalue weighted by atomic mass is 32.2. The number of ketones is 1. The maximum atomic E-state index is 12.9. The van der Waals surface area contributed by atoms with Crippen LogP contribution in [0.2, 0.25) is 0 Å². The van der Waals surface area contributed by atoms with E-state index in [-0.39, 0.29) is 5.78 Å². The number of carbonyl (C=O) groups is 1. The molecule has 0 spiro atoms. The minimum atomic E-state index is 0.113. The highest BCUT2D eigenvalue weighted by molar-refractivity contribution is 7.99. The van der Waals surface area contributed by atoms with Crippen LogP contribution in [0.15, 0.2) is 53.9 Å². The van der Waals surface area contributed by atoms with E-state index < -0.39 is 0 Å². The van der Waals surface area contributed by atoms with Crippen molar-refractivity contribution in [2.45, 2.75) is 31.8 Å². The van der Waals surface area contributed by atoms with Gasteiger partial charge in [-0.3, -0.25) is 9.36 Å². The lowest BCUT2D eigenvalue weighted by atomic mass is 9.98. The van der Waals surface area contributed by atoms with Crippen molar-refractivity contribution in [2.75, 3.05) is 12.9 Å². The van der Waals surface area contributed by atoms with Crippen LogP contribution in [0.4, 0.5) is 0 Å². The van der Waals surface area contributed by atoms with E-state index in [0.717, 1.165) is 35.4 Å². The first kappa shape index (κ1) is 19.2. The van der Waals surface area contributed by atoms with Gasteiger partial charge in [-0.1, -0.05) is 49.9 Å². The van der Waals surface area contributed by atoms with Gasteiger partial charge in [-0.25, -0.2) is 0 Å². The number of ether oxygens (including phenoxy) is 1. The summed E-state index contributed by atoms with van der Waals surface area (Å²) in [5.74, 6) is 1.16. The van der Waals surface area contributed by atoms with E-state index in [4.69, 9.17) is 4.74 Å². The summed E-state index contributed by atoms with van der Waals surface area (Å²) in [6.07, 6.45) is 3.40. The Bertz CT molecular complexity index is 937. The van der Waals surface area contributed by atoms with Crippen molar-refractivity contribution >= 4 is 17.5 Å². The topological polar surface area (TPSA) is 57.0 Å². The number of aryl methyl sites for hydroxylation is 2. The Kier molecular flexibility index (Phi) is 6.29. The van der Waals surface area contributed by atoms with Crippen LogP contribution in [0.25, 0.3) is 5.69 Å². The Morgan fingerprint density at radius 1 is 1.15 bits per heavy atom. The summed E-state index contributed by atoms with van der Waals surface area (Å²) in [5, 5.41) is 8.85. The van der Waals surface area contributed by atoms with Crippen LogP contribution in [0.3, 0.4) is 0 Å². The molecule has 5 nitrogen and oxygen atoms in total. The third kappa shape index (κ3) is 4.22. The fourth-order valence-electron chi connectivity index (χ4n) is 2.94. The molecule has 0 aliphatic heterocycles. The van der Waals surface area contributed by atoms with Gasteiger partial charge in [0.15, 0.2) is 10.9 Å². The fourth-order valence-corrected chi connectivity index (χ4v) is 3.74. The van der Waals surface area contributed by atoms with E-state index in [1.165, 1.54) is 17.3 Å². The predicted octanol–water partition coefficient (Wildman–Crippen LogP) is 4.38. The summed E-state index contributed by atoms with van der Waals surface area (Å²) >= 11 is 1.39. The first-order chi connectivity index (χ1) is 13.2. The molecule has 0 amide bonds. The largest absolute Gasteiger partial charge is 0.495 e. The third-order valence-electron chi connectivity index (χ3n) is 4.46. The average molecular weight is 382 g/mol. The van der Waals surface area contributed by atoms with E-state index in [1.54, 1.807) is 13.4 Å². The molecule has 3 aromatic rings. The van der Waals surface area contributed by atoms with Crippen LogP contribution >= 0.6 is 11.8 Å². The second kappa shape index (κ2) is 8.86. The van der Waals surface area contributed by atoms with Gasteiger partial charge in [-0.2, -0.15) is 0 Å². The monoisotopic (exact) mass is 381 g/mol. The Labute approximate surface area is 163 Å². The van der Waals surface area contributed by atoms with Gasteiger partial charge in [0, 0.05) is 5.56 Å². The maximum absolute atomic E-state index is 12.9. The summed E-state index contributed by atoms with van der Waals surface area (Å²) in [4.78, 5) is 12.9. The van der Waals surface area contributed by atoms with E-state index in [2.05, 4.69) is 36.2 Å². The smallest absolute Gasteiger partial charge is 0.196 e. The molecule has 0 aliphatic carbocycles. The Hall–Kier alpha value is -2.60. The van der Waals surface area contributed by atoms with Gasteiger partial charge in [0.1, 0.15) is 12.1 Å². The second-order valence-electron chi connectivity index (χ2n) is 6.07. The summed E-state index contributed by atoms with van der Waals surface area (Å²) in [7, 11) is 1.63. The van der Waals surface area contributed by atoms with Crippen LogP contribution in [-0.2, 0) is 12.8 Å². The fraction of sp³-hybridized carbons (Fsp3) is 0.286. The summed E-state index contributed by atoms with van der Waals surface area (Å²) in [6.45, 7) is 4.17. The molecule has 0 bridgehead atoms. The lowest BCUT2D eigenvalue weighted by molar-refractivity contribution is 0.102. The normalized spacial score (nSPS) is 10.8. The molecule has 0 radical (unpaired) electrons. The van der Waals surface area contributed by atoms with E-state index >= 15 is 0 Å². The molecule has 0 aliphatic rings. The molecule has 27 heavy (non-hydrogen) atoms. The number of rotatable bonds is 8. The van der Waals surface area contributed by atoms with Crippen LogP contribution < -0.4 is 4.74 Å². The molecule has 1 heterocycles. The number of hydrogen-bond donors (Lipinski definition) is 0. The summed E-state index contributed by atoms with van der Waals surface area (Å²) in [5.41, 5.74) is 3.93. The number of aromatic nitrogens is 3. The summed E-state index contributed by atoms with van der Waals surface area (Å²) < 4.78 is 7.27. The van der Waals surface area contributed by atoms with Crippen molar-refractivity contribution < 1.29 is 9.53 Å². The van der Waals surface area contributed by atoms with Gasteiger partial charge >= 0.3 is 0 Å². The van der Waals surface area contributed by atoms with Crippen molar-refractivity contribution in [3.8, 4) is 11.4 Å². The van der Waals surface area contributed by atoms with Crippen LogP contribution in [0.1, 0.15) is 35.3 Å². The first-order valence-corrected chi connectivity index (χ1v) is 9.97. The molecule has 6 heteroatoms. The van der Waals surface area contributed by atoms with Crippen molar-refractivity contribution in [3.63, 3.8) is 0 Å². The molecule has 2 aromatic carbocycles. The number of Topliss-reactive ketones (excluding diaryl/α,β-unsaturated/α-hetero) is 1. The molecule has 0 saturated carbocycles. The number of methoxy groups -OCH3 is 1. The van der Waals surface area contributed by atoms with E-state index in [1.807, 2.05) is 34.9 Å². The first-order valence-electron chi connectivity index (χ1n) is 8.99. The molecule has 0 saturated heterocycles. The molecule has 1 aromatic heterocycles. The van der Waals surface area contributed by atoms with Crippen molar-refractivity contribution in [1.29, 1.82) is 0 Å². The molecule has 0 N–H and O–H groups in total. The SMILES string of the molecule is CCc1ccc(CC)c(C(=O)CSc2nncn2-c2ccccc2OC)c1. The third-order valence-corrected chi connectivity index (χ3v) is 5.40. The van der Waals surface area contributed by atoms with E-state index in [0.29, 0.717) is 10.9 Å². The van der Waals surface area contributed by atoms with Crippen molar-refractivity contribution in [1.82, 2.24) is 14.8 Å². The number of benzene rings is 2. The van der Waals surface area contributed by atoms with Gasteiger partial charge < -0.3 is 4.74 Å². The zero-order chi connectivity index (χ0) is 19.2. The minimum absolute atomic E-state index is 0.113.